The Bertz CT molecular complexity index is 468. The van der Waals surface area contributed by atoms with E-state index in [1.807, 2.05) is 0 Å². The fourth-order valence-electron chi connectivity index (χ4n) is 1.32. The molecule has 78 valence electrons. The molecule has 0 aliphatic rings. The standard InChI is InChI=1S/C10H9ClFN3/c1-15-10(13)5-9(14-15)6-2-7(11)4-8(12)3-6/h2-5H,13H2,1H3. The second kappa shape index (κ2) is 3.55. The summed E-state index contributed by atoms with van der Waals surface area (Å²) in [6.07, 6.45) is 0. The number of aryl methyl sites for hydroxylation is 1. The Morgan fingerprint density at radius 2 is 2.07 bits per heavy atom. The molecule has 0 unspecified atom stereocenters. The fourth-order valence-corrected chi connectivity index (χ4v) is 1.55. The zero-order valence-corrected chi connectivity index (χ0v) is 8.79. The predicted octanol–water partition coefficient (Wildman–Crippen LogP) is 2.46. The van der Waals surface area contributed by atoms with Crippen LogP contribution >= 0.6 is 11.6 Å². The summed E-state index contributed by atoms with van der Waals surface area (Å²) in [5, 5.41) is 4.47. The molecule has 15 heavy (non-hydrogen) atoms. The lowest BCUT2D eigenvalue weighted by atomic mass is 10.1. The van der Waals surface area contributed by atoms with Gasteiger partial charge in [0, 0.05) is 23.7 Å². The number of anilines is 1. The lowest BCUT2D eigenvalue weighted by Crippen LogP contribution is -1.96. The van der Waals surface area contributed by atoms with Gasteiger partial charge in [-0.1, -0.05) is 11.6 Å². The molecule has 0 spiro atoms. The molecule has 0 saturated carbocycles. The van der Waals surface area contributed by atoms with E-state index in [2.05, 4.69) is 5.10 Å². The number of hydrogen-bond donors (Lipinski definition) is 1. The maximum Gasteiger partial charge on any atom is 0.125 e. The third-order valence-corrected chi connectivity index (χ3v) is 2.29. The van der Waals surface area contributed by atoms with Gasteiger partial charge in [0.05, 0.1) is 5.69 Å². The van der Waals surface area contributed by atoms with E-state index in [9.17, 15) is 4.39 Å². The number of hydrogen-bond acceptors (Lipinski definition) is 2. The molecule has 1 aromatic heterocycles. The summed E-state index contributed by atoms with van der Waals surface area (Å²) in [5.74, 6) is 0.132. The molecule has 2 aromatic rings. The van der Waals surface area contributed by atoms with Crippen molar-refractivity contribution < 1.29 is 4.39 Å². The molecular weight excluding hydrogens is 217 g/mol. The monoisotopic (exact) mass is 225 g/mol. The van der Waals surface area contributed by atoms with Crippen LogP contribution in [0.15, 0.2) is 24.3 Å². The molecule has 3 nitrogen and oxygen atoms in total. The van der Waals surface area contributed by atoms with Gasteiger partial charge in [-0.15, -0.1) is 0 Å². The Balaban J connectivity index is 2.53. The van der Waals surface area contributed by atoms with Crippen LogP contribution in [0.2, 0.25) is 5.02 Å². The number of aromatic nitrogens is 2. The number of nitrogens with two attached hydrogens (primary N) is 1. The van der Waals surface area contributed by atoms with E-state index in [-0.39, 0.29) is 5.82 Å². The average molecular weight is 226 g/mol. The molecule has 0 atom stereocenters. The Morgan fingerprint density at radius 3 is 2.60 bits per heavy atom. The number of nitrogens with zero attached hydrogens (tertiary/aromatic N) is 2. The van der Waals surface area contributed by atoms with Crippen LogP contribution in [0.3, 0.4) is 0 Å². The molecule has 0 saturated heterocycles. The van der Waals surface area contributed by atoms with Gasteiger partial charge in [0.15, 0.2) is 0 Å². The Hall–Kier alpha value is -1.55. The number of rotatable bonds is 1. The SMILES string of the molecule is Cn1nc(-c2cc(F)cc(Cl)c2)cc1N. The van der Waals surface area contributed by atoms with Gasteiger partial charge in [-0.05, 0) is 18.2 Å². The van der Waals surface area contributed by atoms with Crippen molar-refractivity contribution in [3.05, 3.63) is 35.1 Å². The summed E-state index contributed by atoms with van der Waals surface area (Å²) in [4.78, 5) is 0. The average Bonchev–Trinajstić information content (AvgIpc) is 2.45. The molecule has 5 heteroatoms. The molecular formula is C10H9ClFN3. The maximum atomic E-state index is 13.1. The number of nitrogen functional groups attached to an aromatic ring is 1. The highest BCUT2D eigenvalue weighted by atomic mass is 35.5. The van der Waals surface area contributed by atoms with Crippen molar-refractivity contribution in [3.63, 3.8) is 0 Å². The molecule has 0 aliphatic heterocycles. The summed E-state index contributed by atoms with van der Waals surface area (Å²) in [7, 11) is 1.72. The smallest absolute Gasteiger partial charge is 0.125 e. The van der Waals surface area contributed by atoms with Crippen LogP contribution < -0.4 is 5.73 Å². The van der Waals surface area contributed by atoms with Gasteiger partial charge in [0.2, 0.25) is 0 Å². The van der Waals surface area contributed by atoms with Crippen molar-refractivity contribution in [3.8, 4) is 11.3 Å². The summed E-state index contributed by atoms with van der Waals surface area (Å²) in [6, 6.07) is 5.93. The molecule has 0 bridgehead atoms. The zero-order valence-electron chi connectivity index (χ0n) is 8.04. The van der Waals surface area contributed by atoms with E-state index in [1.54, 1.807) is 19.2 Å². The third kappa shape index (κ3) is 1.94. The van der Waals surface area contributed by atoms with Crippen LogP contribution in [0.1, 0.15) is 0 Å². The lowest BCUT2D eigenvalue weighted by Gasteiger charge is -1.98. The lowest BCUT2D eigenvalue weighted by molar-refractivity contribution is 0.628. The summed E-state index contributed by atoms with van der Waals surface area (Å²) < 4.78 is 14.6. The first-order chi connectivity index (χ1) is 7.06. The Labute approximate surface area is 91.3 Å². The summed E-state index contributed by atoms with van der Waals surface area (Å²) >= 11 is 5.74. The Morgan fingerprint density at radius 1 is 1.33 bits per heavy atom. The third-order valence-electron chi connectivity index (χ3n) is 2.07. The fraction of sp³-hybridized carbons (Fsp3) is 0.100. The minimum atomic E-state index is -0.387. The van der Waals surface area contributed by atoms with Crippen LogP contribution in [0, 0.1) is 5.82 Å². The first-order valence-corrected chi connectivity index (χ1v) is 4.70. The van der Waals surface area contributed by atoms with Gasteiger partial charge >= 0.3 is 0 Å². The molecule has 2 N–H and O–H groups in total. The summed E-state index contributed by atoms with van der Waals surface area (Å²) in [6.45, 7) is 0. The minimum Gasteiger partial charge on any atom is -0.384 e. The van der Waals surface area contributed by atoms with Crippen LogP contribution in [0.5, 0.6) is 0 Å². The van der Waals surface area contributed by atoms with E-state index in [4.69, 9.17) is 17.3 Å². The normalized spacial score (nSPS) is 10.6. The summed E-state index contributed by atoms with van der Waals surface area (Å²) in [5.41, 5.74) is 6.85. The van der Waals surface area contributed by atoms with Gasteiger partial charge in [-0.3, -0.25) is 4.68 Å². The van der Waals surface area contributed by atoms with Crippen LogP contribution in [-0.2, 0) is 7.05 Å². The molecule has 0 radical (unpaired) electrons. The first-order valence-electron chi connectivity index (χ1n) is 4.32. The predicted molar refractivity (Wildman–Crippen MR) is 58.0 cm³/mol. The Kier molecular flexibility index (Phi) is 2.36. The molecule has 1 heterocycles. The second-order valence-electron chi connectivity index (χ2n) is 3.24. The molecule has 0 fully saturated rings. The quantitative estimate of drug-likeness (QED) is 0.810. The highest BCUT2D eigenvalue weighted by Crippen LogP contribution is 2.24. The van der Waals surface area contributed by atoms with E-state index in [1.165, 1.54) is 16.8 Å². The molecule has 1 aromatic carbocycles. The molecule has 2 rings (SSSR count). The van der Waals surface area contributed by atoms with Crippen molar-refractivity contribution >= 4 is 17.4 Å². The van der Waals surface area contributed by atoms with Gasteiger partial charge in [-0.2, -0.15) is 5.10 Å². The molecule has 0 amide bonds. The van der Waals surface area contributed by atoms with E-state index < -0.39 is 0 Å². The van der Waals surface area contributed by atoms with Crippen molar-refractivity contribution in [1.29, 1.82) is 0 Å². The maximum absolute atomic E-state index is 13.1. The van der Waals surface area contributed by atoms with E-state index >= 15 is 0 Å². The van der Waals surface area contributed by atoms with Gasteiger partial charge in [-0.25, -0.2) is 4.39 Å². The number of benzene rings is 1. The topological polar surface area (TPSA) is 43.8 Å². The second-order valence-corrected chi connectivity index (χ2v) is 3.67. The van der Waals surface area contributed by atoms with E-state index in [0.29, 0.717) is 22.1 Å². The largest absolute Gasteiger partial charge is 0.384 e. The number of halogens is 2. The molecule has 0 aliphatic carbocycles. The van der Waals surface area contributed by atoms with Crippen LogP contribution in [-0.4, -0.2) is 9.78 Å². The highest BCUT2D eigenvalue weighted by Gasteiger charge is 2.07. The minimum absolute atomic E-state index is 0.342. The van der Waals surface area contributed by atoms with Gasteiger partial charge in [0.25, 0.3) is 0 Å². The van der Waals surface area contributed by atoms with Crippen molar-refractivity contribution in [2.45, 2.75) is 0 Å². The van der Waals surface area contributed by atoms with Gasteiger partial charge < -0.3 is 5.73 Å². The van der Waals surface area contributed by atoms with Crippen LogP contribution in [0.4, 0.5) is 10.2 Å². The van der Waals surface area contributed by atoms with E-state index in [0.717, 1.165) is 0 Å². The van der Waals surface area contributed by atoms with Gasteiger partial charge in [0.1, 0.15) is 11.6 Å². The van der Waals surface area contributed by atoms with Crippen LogP contribution in [0.25, 0.3) is 11.3 Å². The van der Waals surface area contributed by atoms with Crippen molar-refractivity contribution in [2.75, 3.05) is 5.73 Å². The van der Waals surface area contributed by atoms with Crippen molar-refractivity contribution in [2.24, 2.45) is 7.05 Å². The first kappa shape index (κ1) is 9.98. The van der Waals surface area contributed by atoms with Crippen molar-refractivity contribution in [1.82, 2.24) is 9.78 Å². The highest BCUT2D eigenvalue weighted by molar-refractivity contribution is 6.30. The zero-order chi connectivity index (χ0) is 11.0.